The van der Waals surface area contributed by atoms with E-state index in [4.69, 9.17) is 21.1 Å². The second-order valence-electron chi connectivity index (χ2n) is 6.05. The second kappa shape index (κ2) is 6.85. The maximum atomic E-state index is 12.3. The van der Waals surface area contributed by atoms with Gasteiger partial charge in [-0.1, -0.05) is 11.6 Å². The summed E-state index contributed by atoms with van der Waals surface area (Å²) >= 11 is 5.84. The number of nitrogens with zero attached hydrogens (tertiary/aromatic N) is 2. The molecule has 1 fully saturated rings. The number of rotatable bonds is 4. The zero-order chi connectivity index (χ0) is 18.0. The van der Waals surface area contributed by atoms with E-state index in [1.807, 2.05) is 0 Å². The highest BCUT2D eigenvalue weighted by molar-refractivity contribution is 6.30. The second-order valence-corrected chi connectivity index (χ2v) is 6.48. The fourth-order valence-electron chi connectivity index (χ4n) is 2.72. The predicted molar refractivity (Wildman–Crippen MR) is 89.1 cm³/mol. The number of hydrogen-bond acceptors (Lipinski definition) is 5. The molecule has 8 heteroatoms. The summed E-state index contributed by atoms with van der Waals surface area (Å²) in [6.07, 6.45) is 1.52. The Labute approximate surface area is 148 Å². The minimum Gasteiger partial charge on any atom is -0.479 e. The van der Waals surface area contributed by atoms with Crippen LogP contribution in [0, 0.1) is 0 Å². The van der Waals surface area contributed by atoms with Gasteiger partial charge in [0.15, 0.2) is 5.60 Å². The molecule has 1 aliphatic rings. The Balaban J connectivity index is 1.61. The minimum absolute atomic E-state index is 0.0168. The number of carboxylic acids is 1. The normalized spacial score (nSPS) is 16.6. The quantitative estimate of drug-likeness (QED) is 0.859. The first-order valence-corrected chi connectivity index (χ1v) is 8.19. The third-order valence-electron chi connectivity index (χ3n) is 4.32. The standard InChI is InChI=1S/C17H17ClN2O5/c18-12-3-1-11(2-4-12)15-19-13(10-25-15)9-14(21)20-7-5-17(24,6-8-20)16(22)23/h1-4,10,24H,5-9H2,(H,22,23). The van der Waals surface area contributed by atoms with Crippen molar-refractivity contribution in [1.29, 1.82) is 0 Å². The molecular weight excluding hydrogens is 348 g/mol. The average Bonchev–Trinajstić information content (AvgIpc) is 3.04. The van der Waals surface area contributed by atoms with Crippen LogP contribution in [0.15, 0.2) is 34.9 Å². The Morgan fingerprint density at radius 1 is 1.24 bits per heavy atom. The molecule has 2 N–H and O–H groups in total. The summed E-state index contributed by atoms with van der Waals surface area (Å²) in [5, 5.41) is 19.5. The van der Waals surface area contributed by atoms with Crippen molar-refractivity contribution in [2.45, 2.75) is 24.9 Å². The molecule has 0 bridgehead atoms. The number of carboxylic acid groups (broad SMARTS) is 1. The topological polar surface area (TPSA) is 104 Å². The fraction of sp³-hybridized carbons (Fsp3) is 0.353. The van der Waals surface area contributed by atoms with Gasteiger partial charge in [-0.05, 0) is 24.3 Å². The highest BCUT2D eigenvalue weighted by atomic mass is 35.5. The summed E-state index contributed by atoms with van der Waals surface area (Å²) in [6.45, 7) is 0.396. The summed E-state index contributed by atoms with van der Waals surface area (Å²) in [5.74, 6) is -1.02. The molecule has 0 aliphatic carbocycles. The van der Waals surface area contributed by atoms with Crippen LogP contribution in [0.4, 0.5) is 0 Å². The number of benzene rings is 1. The van der Waals surface area contributed by atoms with E-state index >= 15 is 0 Å². The van der Waals surface area contributed by atoms with Crippen molar-refractivity contribution < 1.29 is 24.2 Å². The Morgan fingerprint density at radius 2 is 1.88 bits per heavy atom. The van der Waals surface area contributed by atoms with E-state index in [0.29, 0.717) is 16.6 Å². The first-order chi connectivity index (χ1) is 11.9. The molecule has 1 aromatic heterocycles. The SMILES string of the molecule is O=C(Cc1coc(-c2ccc(Cl)cc2)n1)N1CCC(O)(C(=O)O)CC1. The van der Waals surface area contributed by atoms with Crippen molar-refractivity contribution >= 4 is 23.5 Å². The van der Waals surface area contributed by atoms with Crippen LogP contribution in [0.5, 0.6) is 0 Å². The molecule has 25 heavy (non-hydrogen) atoms. The number of aliphatic hydroxyl groups is 1. The highest BCUT2D eigenvalue weighted by Crippen LogP contribution is 2.24. The van der Waals surface area contributed by atoms with E-state index in [2.05, 4.69) is 4.98 Å². The summed E-state index contributed by atoms with van der Waals surface area (Å²) in [7, 11) is 0. The number of carbonyl (C=O) groups excluding carboxylic acids is 1. The maximum absolute atomic E-state index is 12.3. The van der Waals surface area contributed by atoms with Crippen molar-refractivity contribution in [2.75, 3.05) is 13.1 Å². The maximum Gasteiger partial charge on any atom is 0.335 e. The van der Waals surface area contributed by atoms with Gasteiger partial charge in [0.2, 0.25) is 11.8 Å². The van der Waals surface area contributed by atoms with Gasteiger partial charge >= 0.3 is 5.97 Å². The molecule has 132 valence electrons. The van der Waals surface area contributed by atoms with Crippen molar-refractivity contribution in [3.63, 3.8) is 0 Å². The third-order valence-corrected chi connectivity index (χ3v) is 4.57. The van der Waals surface area contributed by atoms with Crippen molar-refractivity contribution in [2.24, 2.45) is 0 Å². The lowest BCUT2D eigenvalue weighted by atomic mass is 9.91. The van der Waals surface area contributed by atoms with Crippen LogP contribution in [-0.4, -0.2) is 50.7 Å². The third kappa shape index (κ3) is 3.83. The smallest absolute Gasteiger partial charge is 0.335 e. The Bertz CT molecular complexity index is 779. The van der Waals surface area contributed by atoms with Crippen LogP contribution in [0.25, 0.3) is 11.5 Å². The van der Waals surface area contributed by atoms with E-state index in [0.717, 1.165) is 5.56 Å². The van der Waals surface area contributed by atoms with E-state index in [9.17, 15) is 14.7 Å². The average molecular weight is 365 g/mol. The molecule has 0 saturated carbocycles. The molecule has 0 unspecified atom stereocenters. The first-order valence-electron chi connectivity index (χ1n) is 7.81. The number of aromatic nitrogens is 1. The molecule has 0 atom stereocenters. The number of aliphatic carboxylic acids is 1. The minimum atomic E-state index is -1.74. The van der Waals surface area contributed by atoms with Gasteiger partial charge in [0, 0.05) is 36.5 Å². The van der Waals surface area contributed by atoms with E-state index in [-0.39, 0.29) is 38.3 Å². The summed E-state index contributed by atoms with van der Waals surface area (Å²) in [5.41, 5.74) is -0.492. The lowest BCUT2D eigenvalue weighted by molar-refractivity contribution is -0.165. The summed E-state index contributed by atoms with van der Waals surface area (Å²) in [4.78, 5) is 29.2. The van der Waals surface area contributed by atoms with Crippen molar-refractivity contribution in [3.05, 3.63) is 41.2 Å². The Morgan fingerprint density at radius 3 is 2.48 bits per heavy atom. The highest BCUT2D eigenvalue weighted by Gasteiger charge is 2.40. The van der Waals surface area contributed by atoms with Crippen LogP contribution >= 0.6 is 11.6 Å². The van der Waals surface area contributed by atoms with Gasteiger partial charge in [-0.3, -0.25) is 4.79 Å². The number of piperidine rings is 1. The molecule has 0 spiro atoms. The lowest BCUT2D eigenvalue weighted by Gasteiger charge is -2.35. The summed E-state index contributed by atoms with van der Waals surface area (Å²) in [6, 6.07) is 7.00. The first kappa shape index (κ1) is 17.4. The largest absolute Gasteiger partial charge is 0.479 e. The van der Waals surface area contributed by atoms with Crippen molar-refractivity contribution in [1.82, 2.24) is 9.88 Å². The number of hydrogen-bond donors (Lipinski definition) is 2. The van der Waals surface area contributed by atoms with E-state index in [1.165, 1.54) is 11.2 Å². The zero-order valence-electron chi connectivity index (χ0n) is 13.3. The molecule has 2 aromatic rings. The van der Waals surface area contributed by atoms with Crippen LogP contribution in [0.3, 0.4) is 0 Å². The van der Waals surface area contributed by atoms with Crippen LogP contribution in [0.1, 0.15) is 18.5 Å². The number of amides is 1. The molecule has 1 aromatic carbocycles. The van der Waals surface area contributed by atoms with Crippen LogP contribution in [0.2, 0.25) is 5.02 Å². The van der Waals surface area contributed by atoms with Gasteiger partial charge < -0.3 is 19.5 Å². The lowest BCUT2D eigenvalue weighted by Crippen LogP contribution is -2.51. The molecular formula is C17H17ClN2O5. The van der Waals surface area contributed by atoms with Crippen molar-refractivity contribution in [3.8, 4) is 11.5 Å². The predicted octanol–water partition coefficient (Wildman–Crippen LogP) is 1.98. The van der Waals surface area contributed by atoms with Gasteiger partial charge in [0.05, 0.1) is 12.1 Å². The molecule has 1 saturated heterocycles. The molecule has 3 rings (SSSR count). The zero-order valence-corrected chi connectivity index (χ0v) is 14.1. The van der Waals surface area contributed by atoms with Gasteiger partial charge in [0.25, 0.3) is 0 Å². The monoisotopic (exact) mass is 364 g/mol. The van der Waals surface area contributed by atoms with Gasteiger partial charge in [-0.2, -0.15) is 0 Å². The number of likely N-dealkylation sites (tertiary alicyclic amines) is 1. The number of oxazole rings is 1. The Kier molecular flexibility index (Phi) is 4.78. The Hall–Kier alpha value is -2.38. The molecule has 0 radical (unpaired) electrons. The fourth-order valence-corrected chi connectivity index (χ4v) is 2.85. The molecule has 7 nitrogen and oxygen atoms in total. The molecule has 1 aliphatic heterocycles. The van der Waals surface area contributed by atoms with Gasteiger partial charge in [-0.25, -0.2) is 9.78 Å². The van der Waals surface area contributed by atoms with Crippen LogP contribution in [-0.2, 0) is 16.0 Å². The van der Waals surface area contributed by atoms with Gasteiger partial charge in [0.1, 0.15) is 6.26 Å². The number of halogens is 1. The van der Waals surface area contributed by atoms with Crippen LogP contribution < -0.4 is 0 Å². The van der Waals surface area contributed by atoms with E-state index < -0.39 is 11.6 Å². The number of carbonyl (C=O) groups is 2. The molecule has 2 heterocycles. The molecule has 1 amide bonds. The summed E-state index contributed by atoms with van der Waals surface area (Å²) < 4.78 is 5.40. The van der Waals surface area contributed by atoms with Gasteiger partial charge in [-0.15, -0.1) is 0 Å². The van der Waals surface area contributed by atoms with E-state index in [1.54, 1.807) is 24.3 Å².